The molecule has 1 aromatic carbocycles. The zero-order valence-corrected chi connectivity index (χ0v) is 19.2. The summed E-state index contributed by atoms with van der Waals surface area (Å²) in [5.41, 5.74) is 2.96. The fourth-order valence-corrected chi connectivity index (χ4v) is 4.04. The first-order chi connectivity index (χ1) is 17.1. The molecule has 1 atom stereocenters. The number of benzene rings is 1. The van der Waals surface area contributed by atoms with E-state index in [2.05, 4.69) is 30.9 Å². The van der Waals surface area contributed by atoms with E-state index in [9.17, 15) is 9.59 Å². The summed E-state index contributed by atoms with van der Waals surface area (Å²) in [5.74, 6) is 0.232. The number of fused-ring (bicyclic) bond motifs is 1. The summed E-state index contributed by atoms with van der Waals surface area (Å²) in [5, 5.41) is 15.5. The molecule has 1 unspecified atom stereocenters. The maximum Gasteiger partial charge on any atom is 0.307 e. The van der Waals surface area contributed by atoms with E-state index in [0.717, 1.165) is 16.6 Å². The van der Waals surface area contributed by atoms with Gasteiger partial charge in [-0.25, -0.2) is 9.67 Å². The molecule has 1 fully saturated rings. The van der Waals surface area contributed by atoms with E-state index in [4.69, 9.17) is 9.26 Å². The molecule has 2 N–H and O–H groups in total. The Hall–Kier alpha value is -4.28. The number of cyclic esters (lactones) is 1. The molecule has 3 aromatic heterocycles. The van der Waals surface area contributed by atoms with Crippen LogP contribution in [0.2, 0.25) is 0 Å². The SMILES string of the molecule is CCn1ncc2c(NC3CCOC(=O)C3)c(-c3nc(CNC(=O)Cc4ccccc4)no3)cnc21. The highest BCUT2D eigenvalue weighted by Crippen LogP contribution is 2.34. The van der Waals surface area contributed by atoms with Gasteiger partial charge in [0.05, 0.1) is 48.8 Å². The Bertz CT molecular complexity index is 1350. The van der Waals surface area contributed by atoms with Gasteiger partial charge in [-0.05, 0) is 12.5 Å². The number of pyridine rings is 1. The lowest BCUT2D eigenvalue weighted by Crippen LogP contribution is -2.31. The van der Waals surface area contributed by atoms with Crippen molar-refractivity contribution >= 4 is 28.6 Å². The van der Waals surface area contributed by atoms with Crippen molar-refractivity contribution in [2.24, 2.45) is 0 Å². The van der Waals surface area contributed by atoms with Gasteiger partial charge in [0.2, 0.25) is 5.91 Å². The van der Waals surface area contributed by atoms with Crippen molar-refractivity contribution in [3.63, 3.8) is 0 Å². The van der Waals surface area contributed by atoms with Crippen LogP contribution >= 0.6 is 0 Å². The summed E-state index contributed by atoms with van der Waals surface area (Å²) in [7, 11) is 0. The number of carbonyl (C=O) groups is 2. The van der Waals surface area contributed by atoms with Gasteiger partial charge in [-0.15, -0.1) is 0 Å². The molecule has 0 saturated carbocycles. The van der Waals surface area contributed by atoms with E-state index in [1.165, 1.54) is 0 Å². The molecule has 0 bridgehead atoms. The van der Waals surface area contributed by atoms with E-state index in [1.54, 1.807) is 17.1 Å². The summed E-state index contributed by atoms with van der Waals surface area (Å²) in [6.07, 6.45) is 4.60. The number of nitrogens with zero attached hydrogens (tertiary/aromatic N) is 5. The third-order valence-corrected chi connectivity index (χ3v) is 5.81. The highest BCUT2D eigenvalue weighted by Gasteiger charge is 2.25. The second-order valence-electron chi connectivity index (χ2n) is 8.25. The number of hydrogen-bond acceptors (Lipinski definition) is 9. The van der Waals surface area contributed by atoms with E-state index in [1.807, 2.05) is 37.3 Å². The molecule has 35 heavy (non-hydrogen) atoms. The average Bonchev–Trinajstić information content (AvgIpc) is 3.51. The Morgan fingerprint density at radius 1 is 1.23 bits per heavy atom. The first kappa shape index (κ1) is 22.5. The average molecular weight is 476 g/mol. The third-order valence-electron chi connectivity index (χ3n) is 5.81. The molecule has 11 heteroatoms. The summed E-state index contributed by atoms with van der Waals surface area (Å²) in [6.45, 7) is 3.15. The van der Waals surface area contributed by atoms with E-state index in [0.29, 0.717) is 36.6 Å². The van der Waals surface area contributed by atoms with Crippen LogP contribution in [0.25, 0.3) is 22.5 Å². The van der Waals surface area contributed by atoms with Crippen molar-refractivity contribution in [1.29, 1.82) is 0 Å². The number of carbonyl (C=O) groups excluding carboxylic acids is 2. The fraction of sp³-hybridized carbons (Fsp3) is 0.333. The van der Waals surface area contributed by atoms with Crippen molar-refractivity contribution in [1.82, 2.24) is 30.2 Å². The zero-order chi connectivity index (χ0) is 24.2. The van der Waals surface area contributed by atoms with Crippen LogP contribution in [0.3, 0.4) is 0 Å². The van der Waals surface area contributed by atoms with Gasteiger partial charge in [0.25, 0.3) is 5.89 Å². The van der Waals surface area contributed by atoms with Crippen LogP contribution < -0.4 is 10.6 Å². The highest BCUT2D eigenvalue weighted by molar-refractivity contribution is 5.96. The number of amides is 1. The Kier molecular flexibility index (Phi) is 6.38. The Balaban J connectivity index is 1.37. The zero-order valence-electron chi connectivity index (χ0n) is 19.2. The van der Waals surface area contributed by atoms with E-state index in [-0.39, 0.29) is 43.2 Å². The topological polar surface area (TPSA) is 137 Å². The molecular weight excluding hydrogens is 450 g/mol. The van der Waals surface area contributed by atoms with Gasteiger partial charge in [-0.2, -0.15) is 10.1 Å². The van der Waals surface area contributed by atoms with Crippen LogP contribution in [0.1, 0.15) is 31.2 Å². The molecule has 0 aliphatic carbocycles. The number of rotatable bonds is 8. The van der Waals surface area contributed by atoms with Crippen LogP contribution in [-0.4, -0.2) is 49.4 Å². The van der Waals surface area contributed by atoms with Crippen molar-refractivity contribution in [2.75, 3.05) is 11.9 Å². The van der Waals surface area contributed by atoms with E-state index >= 15 is 0 Å². The van der Waals surface area contributed by atoms with Crippen molar-refractivity contribution in [3.05, 3.63) is 54.1 Å². The van der Waals surface area contributed by atoms with Gasteiger partial charge in [0.1, 0.15) is 0 Å². The second kappa shape index (κ2) is 9.92. The van der Waals surface area contributed by atoms with Crippen molar-refractivity contribution in [2.45, 2.75) is 45.3 Å². The summed E-state index contributed by atoms with van der Waals surface area (Å²) in [4.78, 5) is 33.1. The lowest BCUT2D eigenvalue weighted by atomic mass is 10.1. The number of aryl methyl sites for hydroxylation is 1. The standard InChI is InChI=1S/C24H25N7O4/c1-2-31-23-17(13-27-31)22(28-16-8-9-34-21(33)11-16)18(12-26-23)24-29-19(30-35-24)14-25-20(32)10-15-6-4-3-5-7-15/h3-7,12-13,16H,2,8-11,14H2,1H3,(H,25,32)(H,26,28). The minimum atomic E-state index is -0.240. The molecule has 11 nitrogen and oxygen atoms in total. The predicted octanol–water partition coefficient (Wildman–Crippen LogP) is 2.48. The molecule has 0 spiro atoms. The molecule has 1 saturated heterocycles. The summed E-state index contributed by atoms with van der Waals surface area (Å²) in [6, 6.07) is 9.39. The maximum absolute atomic E-state index is 12.3. The third kappa shape index (κ3) is 4.98. The number of nitrogens with one attached hydrogen (secondary N) is 2. The fourth-order valence-electron chi connectivity index (χ4n) is 4.04. The van der Waals surface area contributed by atoms with Gasteiger partial charge in [0, 0.05) is 25.2 Å². The molecule has 180 valence electrons. The molecule has 4 heterocycles. The van der Waals surface area contributed by atoms with Gasteiger partial charge < -0.3 is 19.9 Å². The first-order valence-corrected chi connectivity index (χ1v) is 11.5. The predicted molar refractivity (Wildman–Crippen MR) is 126 cm³/mol. The van der Waals surface area contributed by atoms with Crippen molar-refractivity contribution in [3.8, 4) is 11.5 Å². The van der Waals surface area contributed by atoms with Gasteiger partial charge in [-0.1, -0.05) is 35.5 Å². The summed E-state index contributed by atoms with van der Waals surface area (Å²) < 4.78 is 12.4. The van der Waals surface area contributed by atoms with Gasteiger partial charge in [-0.3, -0.25) is 9.59 Å². The smallest absolute Gasteiger partial charge is 0.307 e. The Morgan fingerprint density at radius 3 is 2.89 bits per heavy atom. The first-order valence-electron chi connectivity index (χ1n) is 11.5. The van der Waals surface area contributed by atoms with E-state index < -0.39 is 0 Å². The molecule has 1 aliphatic heterocycles. The maximum atomic E-state index is 12.3. The monoisotopic (exact) mass is 475 g/mol. The summed E-state index contributed by atoms with van der Waals surface area (Å²) >= 11 is 0. The minimum absolute atomic E-state index is 0.106. The number of aromatic nitrogens is 5. The quantitative estimate of drug-likeness (QED) is 0.368. The minimum Gasteiger partial charge on any atom is -0.466 e. The lowest BCUT2D eigenvalue weighted by molar-refractivity contribution is -0.147. The normalized spacial score (nSPS) is 15.7. The number of anilines is 1. The van der Waals surface area contributed by atoms with Crippen LogP contribution in [-0.2, 0) is 33.8 Å². The molecule has 1 amide bonds. The van der Waals surface area contributed by atoms with Gasteiger partial charge in [0.15, 0.2) is 11.5 Å². The largest absolute Gasteiger partial charge is 0.466 e. The van der Waals surface area contributed by atoms with Crippen LogP contribution in [0.4, 0.5) is 5.69 Å². The Labute approximate surface area is 200 Å². The molecule has 5 rings (SSSR count). The molecule has 1 aliphatic rings. The number of esters is 1. The highest BCUT2D eigenvalue weighted by atomic mass is 16.5. The Morgan fingerprint density at radius 2 is 2.09 bits per heavy atom. The second-order valence-corrected chi connectivity index (χ2v) is 8.25. The van der Waals surface area contributed by atoms with Crippen LogP contribution in [0, 0.1) is 0 Å². The van der Waals surface area contributed by atoms with Crippen LogP contribution in [0.5, 0.6) is 0 Å². The molecular formula is C24H25N7O4. The number of ether oxygens (including phenoxy) is 1. The van der Waals surface area contributed by atoms with Crippen molar-refractivity contribution < 1.29 is 18.8 Å². The molecule has 0 radical (unpaired) electrons. The van der Waals surface area contributed by atoms with Gasteiger partial charge >= 0.3 is 5.97 Å². The number of hydrogen-bond donors (Lipinski definition) is 2. The van der Waals surface area contributed by atoms with Crippen LogP contribution in [0.15, 0.2) is 47.2 Å². The molecule has 4 aromatic rings. The lowest BCUT2D eigenvalue weighted by Gasteiger charge is -2.24.